The third kappa shape index (κ3) is 3.89. The predicted octanol–water partition coefficient (Wildman–Crippen LogP) is 2.27. The second kappa shape index (κ2) is 5.35. The highest BCUT2D eigenvalue weighted by Crippen LogP contribution is 2.19. The summed E-state index contributed by atoms with van der Waals surface area (Å²) >= 11 is 3.10. The summed E-state index contributed by atoms with van der Waals surface area (Å²) in [6.07, 6.45) is 0.357. The average Bonchev–Trinajstić information content (AvgIpc) is 2.64. The van der Waals surface area contributed by atoms with Crippen molar-refractivity contribution in [2.45, 2.75) is 20.3 Å². The third-order valence-corrected chi connectivity index (χ3v) is 2.84. The Hall–Kier alpha value is -1.30. The standard InChI is InChI=1S/C11H14BrNO4/c1-11(2,10(15)16)5-6-13-9(14)7-3-4-8(12)17-7/h3-4H,5-6H2,1-2H3,(H,13,14)(H,15,16). The Labute approximate surface area is 107 Å². The van der Waals surface area contributed by atoms with Crippen LogP contribution in [0.25, 0.3) is 0 Å². The van der Waals surface area contributed by atoms with Gasteiger partial charge in [-0.1, -0.05) is 0 Å². The number of hydrogen-bond donors (Lipinski definition) is 2. The van der Waals surface area contributed by atoms with Crippen LogP contribution >= 0.6 is 15.9 Å². The number of amides is 1. The molecule has 1 rings (SSSR count). The van der Waals surface area contributed by atoms with E-state index >= 15 is 0 Å². The van der Waals surface area contributed by atoms with E-state index in [-0.39, 0.29) is 18.2 Å². The van der Waals surface area contributed by atoms with E-state index in [1.165, 1.54) is 0 Å². The third-order valence-electron chi connectivity index (χ3n) is 2.41. The van der Waals surface area contributed by atoms with Gasteiger partial charge in [0.15, 0.2) is 10.4 Å². The minimum Gasteiger partial charge on any atom is -0.481 e. The zero-order valence-corrected chi connectivity index (χ0v) is 11.2. The van der Waals surface area contributed by atoms with Gasteiger partial charge in [-0.15, -0.1) is 0 Å². The normalized spacial score (nSPS) is 11.2. The Morgan fingerprint density at radius 1 is 1.47 bits per heavy atom. The monoisotopic (exact) mass is 303 g/mol. The first kappa shape index (κ1) is 13.8. The van der Waals surface area contributed by atoms with Gasteiger partial charge in [0.25, 0.3) is 5.91 Å². The molecule has 1 heterocycles. The van der Waals surface area contributed by atoms with Gasteiger partial charge in [-0.2, -0.15) is 0 Å². The number of carboxylic acids is 1. The molecule has 1 aromatic heterocycles. The SMILES string of the molecule is CC(C)(CCNC(=O)c1ccc(Br)o1)C(=O)O. The first-order chi connectivity index (χ1) is 7.83. The van der Waals surface area contributed by atoms with Crippen molar-refractivity contribution in [3.63, 3.8) is 0 Å². The van der Waals surface area contributed by atoms with Gasteiger partial charge in [0.1, 0.15) is 0 Å². The van der Waals surface area contributed by atoms with E-state index in [1.807, 2.05) is 0 Å². The summed E-state index contributed by atoms with van der Waals surface area (Å²) in [5.41, 5.74) is -0.850. The zero-order valence-electron chi connectivity index (χ0n) is 9.62. The molecule has 0 saturated heterocycles. The fraction of sp³-hybridized carbons (Fsp3) is 0.455. The van der Waals surface area contributed by atoms with Crippen molar-refractivity contribution in [1.82, 2.24) is 5.32 Å². The highest BCUT2D eigenvalue weighted by molar-refractivity contribution is 9.10. The summed E-state index contributed by atoms with van der Waals surface area (Å²) in [5.74, 6) is -1.03. The molecule has 5 nitrogen and oxygen atoms in total. The van der Waals surface area contributed by atoms with E-state index in [2.05, 4.69) is 21.2 Å². The molecule has 1 aromatic rings. The van der Waals surface area contributed by atoms with Gasteiger partial charge in [0, 0.05) is 6.54 Å². The van der Waals surface area contributed by atoms with Crippen LogP contribution in [-0.2, 0) is 4.79 Å². The molecule has 0 aromatic carbocycles. The summed E-state index contributed by atoms with van der Waals surface area (Å²) in [5, 5.41) is 11.5. The summed E-state index contributed by atoms with van der Waals surface area (Å²) in [4.78, 5) is 22.4. The number of carbonyl (C=O) groups is 2. The molecule has 0 aliphatic rings. The number of halogens is 1. The Bertz CT molecular complexity index is 425. The lowest BCUT2D eigenvalue weighted by molar-refractivity contribution is -0.147. The Morgan fingerprint density at radius 3 is 2.59 bits per heavy atom. The van der Waals surface area contributed by atoms with Crippen LogP contribution in [0.2, 0.25) is 0 Å². The minimum absolute atomic E-state index is 0.199. The number of furan rings is 1. The van der Waals surface area contributed by atoms with Gasteiger partial charge in [-0.3, -0.25) is 9.59 Å². The highest BCUT2D eigenvalue weighted by atomic mass is 79.9. The van der Waals surface area contributed by atoms with E-state index < -0.39 is 11.4 Å². The first-order valence-electron chi connectivity index (χ1n) is 5.10. The molecule has 0 fully saturated rings. The van der Waals surface area contributed by atoms with Crippen LogP contribution in [0.1, 0.15) is 30.8 Å². The van der Waals surface area contributed by atoms with E-state index in [0.29, 0.717) is 11.1 Å². The smallest absolute Gasteiger partial charge is 0.309 e. The average molecular weight is 304 g/mol. The van der Waals surface area contributed by atoms with Crippen LogP contribution in [0.5, 0.6) is 0 Å². The van der Waals surface area contributed by atoms with Gasteiger partial charge in [0.2, 0.25) is 0 Å². The van der Waals surface area contributed by atoms with E-state index in [1.54, 1.807) is 26.0 Å². The van der Waals surface area contributed by atoms with Crippen LogP contribution in [-0.4, -0.2) is 23.5 Å². The van der Waals surface area contributed by atoms with Gasteiger partial charge in [0.05, 0.1) is 5.41 Å². The molecule has 2 N–H and O–H groups in total. The number of hydrogen-bond acceptors (Lipinski definition) is 3. The quantitative estimate of drug-likeness (QED) is 0.874. The Balaban J connectivity index is 2.42. The largest absolute Gasteiger partial charge is 0.481 e. The molecule has 1 amide bonds. The summed E-state index contributed by atoms with van der Waals surface area (Å²) < 4.78 is 5.54. The Morgan fingerprint density at radius 2 is 2.12 bits per heavy atom. The number of rotatable bonds is 5. The molecule has 0 aliphatic heterocycles. The summed E-state index contributed by atoms with van der Waals surface area (Å²) in [6, 6.07) is 3.16. The maximum absolute atomic E-state index is 11.5. The van der Waals surface area contributed by atoms with Crippen LogP contribution in [0.3, 0.4) is 0 Å². The van der Waals surface area contributed by atoms with Gasteiger partial charge in [-0.25, -0.2) is 0 Å². The van der Waals surface area contributed by atoms with Gasteiger partial charge >= 0.3 is 5.97 Å². The van der Waals surface area contributed by atoms with E-state index in [0.717, 1.165) is 0 Å². The van der Waals surface area contributed by atoms with Gasteiger partial charge in [-0.05, 0) is 48.3 Å². The second-order valence-corrected chi connectivity index (χ2v) is 5.08. The molecule has 6 heteroatoms. The van der Waals surface area contributed by atoms with Gasteiger partial charge < -0.3 is 14.8 Å². The molecular weight excluding hydrogens is 290 g/mol. The van der Waals surface area contributed by atoms with Crippen LogP contribution in [0.15, 0.2) is 21.2 Å². The molecule has 17 heavy (non-hydrogen) atoms. The lowest BCUT2D eigenvalue weighted by Gasteiger charge is -2.18. The minimum atomic E-state index is -0.882. The molecular formula is C11H14BrNO4. The van der Waals surface area contributed by atoms with Crippen molar-refractivity contribution in [2.24, 2.45) is 5.41 Å². The summed E-state index contributed by atoms with van der Waals surface area (Å²) in [7, 11) is 0. The molecule has 0 unspecified atom stereocenters. The fourth-order valence-electron chi connectivity index (χ4n) is 1.12. The van der Waals surface area contributed by atoms with Crippen LogP contribution in [0, 0.1) is 5.41 Å². The number of aliphatic carboxylic acids is 1. The maximum atomic E-state index is 11.5. The molecule has 0 atom stereocenters. The van der Waals surface area contributed by atoms with Crippen molar-refractivity contribution in [2.75, 3.05) is 6.54 Å². The number of carboxylic acid groups (broad SMARTS) is 1. The predicted molar refractivity (Wildman–Crippen MR) is 64.8 cm³/mol. The molecule has 0 radical (unpaired) electrons. The summed E-state index contributed by atoms with van der Waals surface area (Å²) in [6.45, 7) is 3.52. The van der Waals surface area contributed by atoms with Crippen molar-refractivity contribution in [1.29, 1.82) is 0 Å². The zero-order chi connectivity index (χ0) is 13.1. The van der Waals surface area contributed by atoms with Crippen molar-refractivity contribution >= 4 is 27.8 Å². The number of carbonyl (C=O) groups excluding carboxylic acids is 1. The topological polar surface area (TPSA) is 79.5 Å². The Kier molecular flexibility index (Phi) is 4.34. The highest BCUT2D eigenvalue weighted by Gasteiger charge is 2.26. The molecule has 0 saturated carbocycles. The lowest BCUT2D eigenvalue weighted by atomic mass is 9.90. The molecule has 0 spiro atoms. The van der Waals surface area contributed by atoms with Crippen molar-refractivity contribution < 1.29 is 19.1 Å². The van der Waals surface area contributed by atoms with E-state index in [9.17, 15) is 9.59 Å². The first-order valence-corrected chi connectivity index (χ1v) is 5.89. The maximum Gasteiger partial charge on any atom is 0.309 e. The second-order valence-electron chi connectivity index (χ2n) is 4.30. The number of nitrogens with one attached hydrogen (secondary N) is 1. The lowest BCUT2D eigenvalue weighted by Crippen LogP contribution is -2.31. The van der Waals surface area contributed by atoms with Crippen LogP contribution < -0.4 is 5.32 Å². The van der Waals surface area contributed by atoms with Crippen LogP contribution in [0.4, 0.5) is 0 Å². The molecule has 0 aliphatic carbocycles. The van der Waals surface area contributed by atoms with E-state index in [4.69, 9.17) is 9.52 Å². The molecule has 94 valence electrons. The fourth-order valence-corrected chi connectivity index (χ4v) is 1.43. The molecule has 0 bridgehead atoms. The van der Waals surface area contributed by atoms with Crippen molar-refractivity contribution in [3.8, 4) is 0 Å². The van der Waals surface area contributed by atoms with Crippen molar-refractivity contribution in [3.05, 3.63) is 22.6 Å².